The van der Waals surface area contributed by atoms with Gasteiger partial charge in [-0.1, -0.05) is 11.3 Å². The summed E-state index contributed by atoms with van der Waals surface area (Å²) < 4.78 is 6.51. The maximum atomic E-state index is 12.4. The Kier molecular flexibility index (Phi) is 4.07. The number of benzene rings is 1. The maximum absolute atomic E-state index is 12.4. The van der Waals surface area contributed by atoms with Gasteiger partial charge in [-0.3, -0.25) is 4.79 Å². The Morgan fingerprint density at radius 2 is 2.33 bits per heavy atom. The lowest BCUT2D eigenvalue weighted by Crippen LogP contribution is -2.30. The minimum atomic E-state index is -0.00102. The number of anilines is 1. The third-order valence-corrected chi connectivity index (χ3v) is 4.47. The quantitative estimate of drug-likeness (QED) is 0.832. The number of carbonyl (C=O) groups is 1. The number of hydrogen-bond donors (Lipinski definition) is 1. The Balaban J connectivity index is 1.58. The van der Waals surface area contributed by atoms with Crippen LogP contribution in [0.25, 0.3) is 10.2 Å². The highest BCUT2D eigenvalue weighted by Gasteiger charge is 2.21. The van der Waals surface area contributed by atoms with Gasteiger partial charge in [0, 0.05) is 25.8 Å². The van der Waals surface area contributed by atoms with Crippen molar-refractivity contribution in [2.45, 2.75) is 12.8 Å². The zero-order chi connectivity index (χ0) is 14.8. The summed E-state index contributed by atoms with van der Waals surface area (Å²) in [6.45, 7) is 2.02. The molecule has 1 fully saturated rings. The summed E-state index contributed by atoms with van der Waals surface area (Å²) in [7, 11) is 1.80. The van der Waals surface area contributed by atoms with E-state index in [2.05, 4.69) is 4.98 Å². The van der Waals surface area contributed by atoms with Gasteiger partial charge < -0.3 is 15.4 Å². The van der Waals surface area contributed by atoms with Gasteiger partial charge in [0.2, 0.25) is 0 Å². The number of nitrogens with two attached hydrogens (primary N) is 1. The van der Waals surface area contributed by atoms with E-state index in [0.29, 0.717) is 23.8 Å². The van der Waals surface area contributed by atoms with Gasteiger partial charge in [0.05, 0.1) is 16.8 Å². The first-order valence-corrected chi connectivity index (χ1v) is 7.94. The zero-order valence-electron chi connectivity index (χ0n) is 12.0. The second kappa shape index (κ2) is 5.99. The van der Waals surface area contributed by atoms with Gasteiger partial charge >= 0.3 is 0 Å². The van der Waals surface area contributed by atoms with E-state index in [1.54, 1.807) is 18.0 Å². The monoisotopic (exact) mass is 305 g/mol. The van der Waals surface area contributed by atoms with Crippen LogP contribution in [0, 0.1) is 5.92 Å². The lowest BCUT2D eigenvalue weighted by molar-refractivity contribution is 0.0681. The van der Waals surface area contributed by atoms with Crippen molar-refractivity contribution in [2.24, 2.45) is 5.92 Å². The fourth-order valence-electron chi connectivity index (χ4n) is 2.13. The molecule has 2 N–H and O–H groups in total. The van der Waals surface area contributed by atoms with Crippen molar-refractivity contribution in [3.05, 3.63) is 23.8 Å². The van der Waals surface area contributed by atoms with Crippen molar-refractivity contribution in [3.63, 3.8) is 0 Å². The van der Waals surface area contributed by atoms with Gasteiger partial charge in [-0.05, 0) is 37.0 Å². The van der Waals surface area contributed by atoms with Crippen LogP contribution >= 0.6 is 11.3 Å². The Labute approximate surface area is 127 Å². The van der Waals surface area contributed by atoms with Crippen LogP contribution in [0.15, 0.2) is 18.2 Å². The van der Waals surface area contributed by atoms with Crippen LogP contribution in [0.1, 0.15) is 23.2 Å². The molecule has 0 saturated heterocycles. The van der Waals surface area contributed by atoms with Crippen LogP contribution in [-0.4, -0.2) is 42.6 Å². The predicted molar refractivity (Wildman–Crippen MR) is 84.5 cm³/mol. The smallest absolute Gasteiger partial charge is 0.253 e. The van der Waals surface area contributed by atoms with E-state index >= 15 is 0 Å². The minimum absolute atomic E-state index is 0.00102. The number of ether oxygens (including phenoxy) is 1. The largest absolute Gasteiger partial charge is 0.379 e. The second-order valence-corrected chi connectivity index (χ2v) is 6.54. The number of rotatable bonds is 6. The van der Waals surface area contributed by atoms with Crippen LogP contribution in [0.3, 0.4) is 0 Å². The second-order valence-electron chi connectivity index (χ2n) is 5.48. The molecular formula is C15H19N3O2S. The first-order chi connectivity index (χ1) is 10.1. The molecule has 3 rings (SSSR count). The lowest BCUT2D eigenvalue weighted by atomic mass is 10.2. The Morgan fingerprint density at radius 1 is 1.52 bits per heavy atom. The first kappa shape index (κ1) is 14.3. The molecule has 1 heterocycles. The van der Waals surface area contributed by atoms with Gasteiger partial charge in [-0.25, -0.2) is 4.98 Å². The normalized spacial score (nSPS) is 14.5. The van der Waals surface area contributed by atoms with E-state index in [1.165, 1.54) is 24.2 Å². The number of hydrogen-bond acceptors (Lipinski definition) is 5. The van der Waals surface area contributed by atoms with Gasteiger partial charge in [-0.15, -0.1) is 0 Å². The van der Waals surface area contributed by atoms with E-state index in [0.717, 1.165) is 22.7 Å². The molecule has 112 valence electrons. The summed E-state index contributed by atoms with van der Waals surface area (Å²) in [6, 6.07) is 5.49. The molecule has 0 spiro atoms. The molecule has 5 nitrogen and oxygen atoms in total. The highest BCUT2D eigenvalue weighted by molar-refractivity contribution is 7.22. The molecule has 1 saturated carbocycles. The molecule has 1 aliphatic carbocycles. The molecular weight excluding hydrogens is 286 g/mol. The number of aromatic nitrogens is 1. The van der Waals surface area contributed by atoms with Crippen molar-refractivity contribution in [1.29, 1.82) is 0 Å². The molecule has 0 aliphatic heterocycles. The summed E-state index contributed by atoms with van der Waals surface area (Å²) in [5.41, 5.74) is 7.18. The van der Waals surface area contributed by atoms with Gasteiger partial charge in [0.25, 0.3) is 5.91 Å². The van der Waals surface area contributed by atoms with Crippen LogP contribution in [0.5, 0.6) is 0 Å². The van der Waals surface area contributed by atoms with Crippen molar-refractivity contribution >= 4 is 32.6 Å². The number of carbonyl (C=O) groups excluding carboxylic acids is 1. The van der Waals surface area contributed by atoms with Gasteiger partial charge in [0.15, 0.2) is 5.13 Å². The number of likely N-dealkylation sites (N-methyl/N-ethyl adjacent to an activating group) is 1. The third kappa shape index (κ3) is 3.51. The molecule has 1 aromatic carbocycles. The molecule has 1 aliphatic rings. The van der Waals surface area contributed by atoms with E-state index < -0.39 is 0 Å². The lowest BCUT2D eigenvalue weighted by Gasteiger charge is -2.17. The van der Waals surface area contributed by atoms with E-state index in [-0.39, 0.29) is 5.91 Å². The van der Waals surface area contributed by atoms with Crippen molar-refractivity contribution in [3.8, 4) is 0 Å². The fourth-order valence-corrected chi connectivity index (χ4v) is 2.91. The molecule has 2 aromatic rings. The summed E-state index contributed by atoms with van der Waals surface area (Å²) in [5.74, 6) is 0.754. The fraction of sp³-hybridized carbons (Fsp3) is 0.467. The molecule has 0 bridgehead atoms. The molecule has 1 amide bonds. The highest BCUT2D eigenvalue weighted by Crippen LogP contribution is 2.28. The van der Waals surface area contributed by atoms with Crippen molar-refractivity contribution in [2.75, 3.05) is 32.5 Å². The third-order valence-electron chi connectivity index (χ3n) is 3.62. The number of amides is 1. The number of thiazole rings is 1. The molecule has 0 atom stereocenters. The van der Waals surface area contributed by atoms with Crippen LogP contribution in [0.4, 0.5) is 5.13 Å². The Hall–Kier alpha value is -1.66. The number of nitrogens with zero attached hydrogens (tertiary/aromatic N) is 2. The molecule has 0 unspecified atom stereocenters. The summed E-state index contributed by atoms with van der Waals surface area (Å²) in [5, 5.41) is 0.524. The average Bonchev–Trinajstić information content (AvgIpc) is 3.21. The Morgan fingerprint density at radius 3 is 3.10 bits per heavy atom. The SMILES string of the molecule is CN(CCOCC1CC1)C(=O)c1ccc2nc(N)sc2c1. The topological polar surface area (TPSA) is 68.5 Å². The van der Waals surface area contributed by atoms with Gasteiger partial charge in [-0.2, -0.15) is 0 Å². The number of fused-ring (bicyclic) bond motifs is 1. The van der Waals surface area contributed by atoms with Gasteiger partial charge in [0.1, 0.15) is 0 Å². The molecule has 1 aromatic heterocycles. The van der Waals surface area contributed by atoms with E-state index in [9.17, 15) is 4.79 Å². The van der Waals surface area contributed by atoms with Crippen molar-refractivity contribution in [1.82, 2.24) is 9.88 Å². The predicted octanol–water partition coefficient (Wildman–Crippen LogP) is 2.38. The summed E-state index contributed by atoms with van der Waals surface area (Å²) in [6.07, 6.45) is 2.57. The van der Waals surface area contributed by atoms with E-state index in [1.807, 2.05) is 12.1 Å². The Bertz CT molecular complexity index is 651. The molecule has 6 heteroatoms. The van der Waals surface area contributed by atoms with Crippen LogP contribution in [0.2, 0.25) is 0 Å². The summed E-state index contributed by atoms with van der Waals surface area (Å²) in [4.78, 5) is 18.2. The minimum Gasteiger partial charge on any atom is -0.379 e. The maximum Gasteiger partial charge on any atom is 0.253 e. The van der Waals surface area contributed by atoms with Crippen LogP contribution in [-0.2, 0) is 4.74 Å². The highest BCUT2D eigenvalue weighted by atomic mass is 32.1. The molecule has 0 radical (unpaired) electrons. The van der Waals surface area contributed by atoms with Crippen LogP contribution < -0.4 is 5.73 Å². The first-order valence-electron chi connectivity index (χ1n) is 7.13. The molecule has 21 heavy (non-hydrogen) atoms. The van der Waals surface area contributed by atoms with Crippen molar-refractivity contribution < 1.29 is 9.53 Å². The average molecular weight is 305 g/mol. The summed E-state index contributed by atoms with van der Waals surface area (Å²) >= 11 is 1.40. The number of nitrogen functional groups attached to an aromatic ring is 1. The standard InChI is InChI=1S/C15H19N3O2S/c1-18(6-7-20-9-10-2-3-10)14(19)11-4-5-12-13(8-11)21-15(16)17-12/h4-5,8,10H,2-3,6-7,9H2,1H3,(H2,16,17). The zero-order valence-corrected chi connectivity index (χ0v) is 12.9. The van der Waals surface area contributed by atoms with E-state index in [4.69, 9.17) is 10.5 Å².